The maximum Gasteiger partial charge on any atom is 0.0950 e. The van der Waals surface area contributed by atoms with Gasteiger partial charge in [0.2, 0.25) is 0 Å². The monoisotopic (exact) mass is 162 g/mol. The van der Waals surface area contributed by atoms with E-state index in [1.165, 1.54) is 5.39 Å². The Hall–Kier alpha value is -1.32. The van der Waals surface area contributed by atoms with Crippen molar-refractivity contribution in [3.63, 3.8) is 0 Å². The SMILES string of the molecule is NOCc1c[nH]c2ccccc12. The zero-order chi connectivity index (χ0) is 8.39. The van der Waals surface area contributed by atoms with Gasteiger partial charge in [0, 0.05) is 22.7 Å². The van der Waals surface area contributed by atoms with E-state index in [9.17, 15) is 0 Å². The van der Waals surface area contributed by atoms with Crippen LogP contribution in [0, 0.1) is 0 Å². The molecule has 0 unspecified atom stereocenters. The van der Waals surface area contributed by atoms with Crippen LogP contribution in [-0.2, 0) is 11.4 Å². The molecule has 0 amide bonds. The molecule has 1 aromatic carbocycles. The highest BCUT2D eigenvalue weighted by molar-refractivity contribution is 5.82. The van der Waals surface area contributed by atoms with Crippen LogP contribution in [0.2, 0.25) is 0 Å². The summed E-state index contributed by atoms with van der Waals surface area (Å²) in [4.78, 5) is 7.71. The smallest absolute Gasteiger partial charge is 0.0950 e. The molecule has 0 aliphatic rings. The number of hydrogen-bond donors (Lipinski definition) is 2. The third-order valence-electron chi connectivity index (χ3n) is 1.91. The van der Waals surface area contributed by atoms with Gasteiger partial charge in [-0.2, -0.15) is 0 Å². The number of H-pyrrole nitrogens is 1. The molecule has 3 nitrogen and oxygen atoms in total. The third-order valence-corrected chi connectivity index (χ3v) is 1.91. The number of nitrogens with two attached hydrogens (primary N) is 1. The quantitative estimate of drug-likeness (QED) is 0.658. The van der Waals surface area contributed by atoms with Gasteiger partial charge in [-0.15, -0.1) is 0 Å². The van der Waals surface area contributed by atoms with Crippen molar-refractivity contribution in [2.75, 3.05) is 0 Å². The molecule has 0 aliphatic carbocycles. The highest BCUT2D eigenvalue weighted by atomic mass is 16.6. The van der Waals surface area contributed by atoms with Gasteiger partial charge in [-0.1, -0.05) is 18.2 Å². The van der Waals surface area contributed by atoms with Crippen molar-refractivity contribution in [3.05, 3.63) is 36.0 Å². The number of rotatable bonds is 2. The second-order valence-corrected chi connectivity index (χ2v) is 2.67. The van der Waals surface area contributed by atoms with Crippen molar-refractivity contribution in [2.24, 2.45) is 5.90 Å². The summed E-state index contributed by atoms with van der Waals surface area (Å²) < 4.78 is 0. The summed E-state index contributed by atoms with van der Waals surface area (Å²) in [5.74, 6) is 5.00. The maximum atomic E-state index is 5.00. The van der Waals surface area contributed by atoms with E-state index in [2.05, 4.69) is 9.82 Å². The second kappa shape index (κ2) is 2.97. The molecule has 2 rings (SSSR count). The fraction of sp³-hybridized carbons (Fsp3) is 0.111. The fourth-order valence-corrected chi connectivity index (χ4v) is 1.34. The standard InChI is InChI=1S/C9H10N2O/c10-12-6-7-5-11-9-4-2-1-3-8(7)9/h1-5,11H,6,10H2. The summed E-state index contributed by atoms with van der Waals surface area (Å²) in [6.45, 7) is 0.448. The molecule has 0 saturated heterocycles. The summed E-state index contributed by atoms with van der Waals surface area (Å²) in [6, 6.07) is 8.05. The molecule has 1 heterocycles. The van der Waals surface area contributed by atoms with E-state index in [0.29, 0.717) is 6.61 Å². The first-order chi connectivity index (χ1) is 5.92. The molecule has 2 aromatic rings. The first-order valence-electron chi connectivity index (χ1n) is 3.78. The molecule has 0 aliphatic heterocycles. The van der Waals surface area contributed by atoms with Crippen LogP contribution in [0.1, 0.15) is 5.56 Å². The van der Waals surface area contributed by atoms with Gasteiger partial charge in [0.1, 0.15) is 0 Å². The molecule has 0 spiro atoms. The fourth-order valence-electron chi connectivity index (χ4n) is 1.34. The van der Waals surface area contributed by atoms with Gasteiger partial charge in [0.05, 0.1) is 6.61 Å². The van der Waals surface area contributed by atoms with Gasteiger partial charge in [0.15, 0.2) is 0 Å². The molecule has 0 fully saturated rings. The van der Waals surface area contributed by atoms with E-state index in [0.717, 1.165) is 11.1 Å². The van der Waals surface area contributed by atoms with Crippen molar-refractivity contribution in [2.45, 2.75) is 6.61 Å². The van der Waals surface area contributed by atoms with Crippen LogP contribution in [0.25, 0.3) is 10.9 Å². The Morgan fingerprint density at radius 1 is 1.33 bits per heavy atom. The minimum Gasteiger partial charge on any atom is -0.361 e. The molecule has 0 radical (unpaired) electrons. The minimum absolute atomic E-state index is 0.448. The number of benzene rings is 1. The predicted molar refractivity (Wildman–Crippen MR) is 47.3 cm³/mol. The largest absolute Gasteiger partial charge is 0.361 e. The molecule has 0 atom stereocenters. The molecular weight excluding hydrogens is 152 g/mol. The van der Waals surface area contributed by atoms with Crippen molar-refractivity contribution in [1.82, 2.24) is 4.98 Å². The van der Waals surface area contributed by atoms with Crippen molar-refractivity contribution in [1.29, 1.82) is 0 Å². The van der Waals surface area contributed by atoms with E-state index in [4.69, 9.17) is 5.90 Å². The van der Waals surface area contributed by atoms with Crippen LogP contribution in [0.3, 0.4) is 0 Å². The van der Waals surface area contributed by atoms with Gasteiger partial charge < -0.3 is 4.98 Å². The van der Waals surface area contributed by atoms with E-state index >= 15 is 0 Å². The van der Waals surface area contributed by atoms with Crippen LogP contribution in [0.4, 0.5) is 0 Å². The Kier molecular flexibility index (Phi) is 1.81. The predicted octanol–water partition coefficient (Wildman–Crippen LogP) is 1.56. The average molecular weight is 162 g/mol. The summed E-state index contributed by atoms with van der Waals surface area (Å²) in [7, 11) is 0. The van der Waals surface area contributed by atoms with E-state index in [1.807, 2.05) is 30.5 Å². The number of hydrogen-bond acceptors (Lipinski definition) is 2. The van der Waals surface area contributed by atoms with Gasteiger partial charge in [-0.3, -0.25) is 4.84 Å². The van der Waals surface area contributed by atoms with Gasteiger partial charge in [0.25, 0.3) is 0 Å². The zero-order valence-electron chi connectivity index (χ0n) is 6.58. The maximum absolute atomic E-state index is 5.00. The number of nitrogens with one attached hydrogen (secondary N) is 1. The molecule has 12 heavy (non-hydrogen) atoms. The molecule has 1 aromatic heterocycles. The van der Waals surface area contributed by atoms with E-state index in [-0.39, 0.29) is 0 Å². The highest BCUT2D eigenvalue weighted by Gasteiger charge is 2.00. The summed E-state index contributed by atoms with van der Waals surface area (Å²) in [5.41, 5.74) is 2.21. The Bertz CT molecular complexity index is 381. The molecule has 0 bridgehead atoms. The highest BCUT2D eigenvalue weighted by Crippen LogP contribution is 2.17. The van der Waals surface area contributed by atoms with E-state index in [1.54, 1.807) is 0 Å². The molecule has 62 valence electrons. The summed E-state index contributed by atoms with van der Waals surface area (Å²) in [6.07, 6.45) is 1.91. The molecule has 3 heteroatoms. The Labute approximate surface area is 70.1 Å². The third kappa shape index (κ3) is 1.09. The van der Waals surface area contributed by atoms with Crippen molar-refractivity contribution < 1.29 is 4.84 Å². The lowest BCUT2D eigenvalue weighted by molar-refractivity contribution is 0.125. The molecular formula is C9H10N2O. The van der Waals surface area contributed by atoms with Gasteiger partial charge >= 0.3 is 0 Å². The Balaban J connectivity index is 2.55. The van der Waals surface area contributed by atoms with Crippen LogP contribution in [0.5, 0.6) is 0 Å². The Morgan fingerprint density at radius 2 is 2.17 bits per heavy atom. The van der Waals surface area contributed by atoms with E-state index < -0.39 is 0 Å². The minimum atomic E-state index is 0.448. The number of para-hydroxylation sites is 1. The summed E-state index contributed by atoms with van der Waals surface area (Å²) >= 11 is 0. The average Bonchev–Trinajstić information content (AvgIpc) is 2.50. The first-order valence-corrected chi connectivity index (χ1v) is 3.78. The zero-order valence-corrected chi connectivity index (χ0v) is 6.58. The van der Waals surface area contributed by atoms with Crippen LogP contribution >= 0.6 is 0 Å². The van der Waals surface area contributed by atoms with Crippen LogP contribution < -0.4 is 5.90 Å². The van der Waals surface area contributed by atoms with Crippen LogP contribution in [0.15, 0.2) is 30.5 Å². The molecule has 3 N–H and O–H groups in total. The lowest BCUT2D eigenvalue weighted by Gasteiger charge is -1.94. The lowest BCUT2D eigenvalue weighted by Crippen LogP contribution is -1.97. The second-order valence-electron chi connectivity index (χ2n) is 2.67. The lowest BCUT2D eigenvalue weighted by atomic mass is 10.2. The normalized spacial score (nSPS) is 10.8. The number of aromatic nitrogens is 1. The van der Waals surface area contributed by atoms with Crippen molar-refractivity contribution in [3.8, 4) is 0 Å². The van der Waals surface area contributed by atoms with Crippen LogP contribution in [-0.4, -0.2) is 4.98 Å². The first kappa shape index (κ1) is 7.34. The van der Waals surface area contributed by atoms with Gasteiger partial charge in [-0.05, 0) is 6.07 Å². The summed E-state index contributed by atoms with van der Waals surface area (Å²) in [5, 5.41) is 1.17. The van der Waals surface area contributed by atoms with Crippen molar-refractivity contribution >= 4 is 10.9 Å². The number of fused-ring (bicyclic) bond motifs is 1. The number of aromatic amines is 1. The van der Waals surface area contributed by atoms with Gasteiger partial charge in [-0.25, -0.2) is 5.90 Å². The topological polar surface area (TPSA) is 51.0 Å². The Morgan fingerprint density at radius 3 is 3.00 bits per heavy atom. The molecule has 0 saturated carbocycles.